The first kappa shape index (κ1) is 23.3. The molecule has 32 heavy (non-hydrogen) atoms. The van der Waals surface area contributed by atoms with Crippen LogP contribution in [0, 0.1) is 5.82 Å². The summed E-state index contributed by atoms with van der Waals surface area (Å²) in [5.41, 5.74) is 0.847. The second-order valence-corrected chi connectivity index (χ2v) is 8.16. The molecule has 0 spiro atoms. The predicted molar refractivity (Wildman–Crippen MR) is 117 cm³/mol. The number of ether oxygens (including phenoxy) is 3. The van der Waals surface area contributed by atoms with E-state index in [0.29, 0.717) is 40.9 Å². The molecule has 0 unspecified atom stereocenters. The number of benzene rings is 2. The lowest BCUT2D eigenvalue weighted by molar-refractivity contribution is 0.0925. The van der Waals surface area contributed by atoms with Gasteiger partial charge in [-0.05, 0) is 48.9 Å². The minimum absolute atomic E-state index is 0.0851. The van der Waals surface area contributed by atoms with Crippen molar-refractivity contribution in [2.45, 2.75) is 17.1 Å². The Balaban J connectivity index is 1.58. The van der Waals surface area contributed by atoms with Crippen molar-refractivity contribution in [3.8, 4) is 17.2 Å². The molecular weight excluding hydrogens is 437 g/mol. The van der Waals surface area contributed by atoms with E-state index in [9.17, 15) is 13.4 Å². The van der Waals surface area contributed by atoms with Crippen LogP contribution in [0.5, 0.6) is 17.2 Å². The van der Waals surface area contributed by atoms with Crippen molar-refractivity contribution < 1.29 is 32.0 Å². The summed E-state index contributed by atoms with van der Waals surface area (Å²) in [6, 6.07) is 12.2. The molecule has 2 aromatic carbocycles. The smallest absolute Gasteiger partial charge is 0.287 e. The van der Waals surface area contributed by atoms with E-state index in [0.717, 1.165) is 5.56 Å². The predicted octanol–water partition coefficient (Wildman–Crippen LogP) is 3.72. The standard InChI is InChI=1S/C23H24FNO6S/c1-28-19-10-4-15(21(29-2)22(19)30-3)12-13-25-23(26)20-11-7-17(31-20)14-32(27)18-8-5-16(24)6-9-18/h4-11H,12-14H2,1-3H3,(H,25,26)/t32-/m0/s1. The molecule has 1 aromatic heterocycles. The average molecular weight is 462 g/mol. The topological polar surface area (TPSA) is 87.0 Å². The Morgan fingerprint density at radius 3 is 2.34 bits per heavy atom. The minimum Gasteiger partial charge on any atom is -0.493 e. The molecule has 1 N–H and O–H groups in total. The second-order valence-electron chi connectivity index (χ2n) is 6.71. The van der Waals surface area contributed by atoms with Gasteiger partial charge in [-0.25, -0.2) is 4.39 Å². The zero-order chi connectivity index (χ0) is 23.1. The molecule has 7 nitrogen and oxygen atoms in total. The number of nitrogens with one attached hydrogen (secondary N) is 1. The first-order valence-corrected chi connectivity index (χ1v) is 11.1. The minimum atomic E-state index is -1.41. The number of hydrogen-bond acceptors (Lipinski definition) is 6. The van der Waals surface area contributed by atoms with Crippen LogP contribution >= 0.6 is 0 Å². The fourth-order valence-electron chi connectivity index (χ4n) is 3.13. The van der Waals surface area contributed by atoms with Crippen molar-refractivity contribution in [2.75, 3.05) is 27.9 Å². The van der Waals surface area contributed by atoms with Gasteiger partial charge in [0, 0.05) is 17.0 Å². The molecule has 3 aromatic rings. The van der Waals surface area contributed by atoms with Gasteiger partial charge in [-0.2, -0.15) is 0 Å². The summed E-state index contributed by atoms with van der Waals surface area (Å²) < 4.78 is 47.0. The van der Waals surface area contributed by atoms with Crippen LogP contribution in [0.1, 0.15) is 21.9 Å². The molecule has 0 saturated heterocycles. The van der Waals surface area contributed by atoms with Crippen LogP contribution in [0.2, 0.25) is 0 Å². The third kappa shape index (κ3) is 5.47. The van der Waals surface area contributed by atoms with Gasteiger partial charge in [0.1, 0.15) is 11.6 Å². The van der Waals surface area contributed by atoms with E-state index in [1.54, 1.807) is 26.4 Å². The average Bonchev–Trinajstić information content (AvgIpc) is 3.27. The maximum Gasteiger partial charge on any atom is 0.287 e. The van der Waals surface area contributed by atoms with Crippen LogP contribution in [-0.2, 0) is 23.0 Å². The lowest BCUT2D eigenvalue weighted by atomic mass is 10.1. The van der Waals surface area contributed by atoms with E-state index in [2.05, 4.69) is 5.32 Å². The quantitative estimate of drug-likeness (QED) is 0.495. The Labute approximate surface area is 187 Å². The summed E-state index contributed by atoms with van der Waals surface area (Å²) in [4.78, 5) is 12.9. The highest BCUT2D eigenvalue weighted by molar-refractivity contribution is 7.84. The number of carbonyl (C=O) groups is 1. The van der Waals surface area contributed by atoms with Crippen LogP contribution in [0.3, 0.4) is 0 Å². The molecule has 170 valence electrons. The first-order valence-electron chi connectivity index (χ1n) is 9.75. The van der Waals surface area contributed by atoms with Gasteiger partial charge in [0.05, 0.1) is 37.9 Å². The summed E-state index contributed by atoms with van der Waals surface area (Å²) in [5, 5.41) is 2.79. The van der Waals surface area contributed by atoms with Crippen LogP contribution in [0.25, 0.3) is 0 Å². The first-order chi connectivity index (χ1) is 15.5. The van der Waals surface area contributed by atoms with E-state index >= 15 is 0 Å². The largest absolute Gasteiger partial charge is 0.493 e. The Morgan fingerprint density at radius 1 is 0.969 bits per heavy atom. The molecule has 1 atom stereocenters. The molecule has 1 heterocycles. The molecule has 0 fully saturated rings. The van der Waals surface area contributed by atoms with Crippen LogP contribution in [0.4, 0.5) is 4.39 Å². The summed E-state index contributed by atoms with van der Waals surface area (Å²) in [5.74, 6) is 1.42. The Hall–Kier alpha value is -3.33. The highest BCUT2D eigenvalue weighted by Crippen LogP contribution is 2.39. The number of amides is 1. The molecule has 3 rings (SSSR count). The third-order valence-electron chi connectivity index (χ3n) is 4.70. The van der Waals surface area contributed by atoms with Crippen molar-refractivity contribution >= 4 is 16.7 Å². The van der Waals surface area contributed by atoms with Crippen molar-refractivity contribution in [1.29, 1.82) is 0 Å². The highest BCUT2D eigenvalue weighted by Gasteiger charge is 2.17. The van der Waals surface area contributed by atoms with Crippen molar-refractivity contribution in [3.63, 3.8) is 0 Å². The number of halogens is 1. The van der Waals surface area contributed by atoms with Gasteiger partial charge in [-0.15, -0.1) is 0 Å². The molecular formula is C23H24FNO6S. The summed E-state index contributed by atoms with van der Waals surface area (Å²) in [6.07, 6.45) is 0.497. The monoisotopic (exact) mass is 461 g/mol. The molecule has 0 aliphatic rings. The second kappa shape index (κ2) is 10.8. The third-order valence-corrected chi connectivity index (χ3v) is 6.05. The fourth-order valence-corrected chi connectivity index (χ4v) is 4.15. The number of furan rings is 1. The molecule has 0 radical (unpaired) electrons. The number of rotatable bonds is 10. The zero-order valence-corrected chi connectivity index (χ0v) is 18.8. The van der Waals surface area contributed by atoms with E-state index in [-0.39, 0.29) is 17.4 Å². The van der Waals surface area contributed by atoms with Gasteiger partial charge in [0.15, 0.2) is 17.3 Å². The lowest BCUT2D eigenvalue weighted by Crippen LogP contribution is -2.25. The molecule has 1 amide bonds. The Morgan fingerprint density at radius 2 is 1.69 bits per heavy atom. The highest BCUT2D eigenvalue weighted by atomic mass is 32.2. The number of carbonyl (C=O) groups excluding carboxylic acids is 1. The number of methoxy groups -OCH3 is 3. The summed E-state index contributed by atoms with van der Waals surface area (Å²) in [6.45, 7) is 0.336. The lowest BCUT2D eigenvalue weighted by Gasteiger charge is -2.15. The van der Waals surface area contributed by atoms with Crippen LogP contribution < -0.4 is 19.5 Å². The normalized spacial score (nSPS) is 11.6. The summed E-state index contributed by atoms with van der Waals surface area (Å²) in [7, 11) is 3.21. The van der Waals surface area contributed by atoms with E-state index in [4.69, 9.17) is 18.6 Å². The Kier molecular flexibility index (Phi) is 7.88. The summed E-state index contributed by atoms with van der Waals surface area (Å²) >= 11 is 0. The van der Waals surface area contributed by atoms with Gasteiger partial charge >= 0.3 is 0 Å². The van der Waals surface area contributed by atoms with E-state index in [1.807, 2.05) is 6.07 Å². The number of hydrogen-bond donors (Lipinski definition) is 1. The molecule has 0 saturated carbocycles. The Bertz CT molecular complexity index is 1100. The van der Waals surface area contributed by atoms with Crippen LogP contribution in [-0.4, -0.2) is 38.0 Å². The van der Waals surface area contributed by atoms with Gasteiger partial charge in [-0.3, -0.25) is 9.00 Å². The van der Waals surface area contributed by atoms with Gasteiger partial charge in [0.2, 0.25) is 5.75 Å². The van der Waals surface area contributed by atoms with Crippen molar-refractivity contribution in [2.24, 2.45) is 0 Å². The van der Waals surface area contributed by atoms with Gasteiger partial charge < -0.3 is 23.9 Å². The van der Waals surface area contributed by atoms with Crippen molar-refractivity contribution in [1.82, 2.24) is 5.32 Å². The van der Waals surface area contributed by atoms with Gasteiger partial charge in [0.25, 0.3) is 5.91 Å². The fraction of sp³-hybridized carbons (Fsp3) is 0.261. The molecule has 9 heteroatoms. The SMILES string of the molecule is COc1ccc(CCNC(=O)c2ccc(C[S@](=O)c3ccc(F)cc3)o2)c(OC)c1OC. The van der Waals surface area contributed by atoms with Crippen molar-refractivity contribution in [3.05, 3.63) is 71.4 Å². The maximum absolute atomic E-state index is 13.0. The maximum atomic E-state index is 13.0. The van der Waals surface area contributed by atoms with E-state index < -0.39 is 16.6 Å². The molecule has 0 bridgehead atoms. The van der Waals surface area contributed by atoms with Gasteiger partial charge in [-0.1, -0.05) is 6.07 Å². The molecule has 0 aliphatic heterocycles. The zero-order valence-electron chi connectivity index (χ0n) is 18.0. The van der Waals surface area contributed by atoms with E-state index in [1.165, 1.54) is 37.4 Å². The molecule has 0 aliphatic carbocycles. The van der Waals surface area contributed by atoms with Crippen LogP contribution in [0.15, 0.2) is 57.8 Å².